The van der Waals surface area contributed by atoms with Crippen LogP contribution in [0.1, 0.15) is 33.1 Å². The van der Waals surface area contributed by atoms with Gasteiger partial charge in [-0.15, -0.1) is 0 Å². The molecule has 37 heavy (non-hydrogen) atoms. The van der Waals surface area contributed by atoms with Gasteiger partial charge in [0.2, 0.25) is 5.91 Å². The largest absolute Gasteiger partial charge is 0.494 e. The zero-order chi connectivity index (χ0) is 28.3. The van der Waals surface area contributed by atoms with Crippen LogP contribution in [0.3, 0.4) is 0 Å². The number of amides is 2. The normalized spacial score (nSPS) is 17.3. The molecule has 1 aliphatic heterocycles. The molecule has 0 atom stereocenters. The first-order chi connectivity index (χ1) is 19.2. The standard InChI is InChI=1S/C25H29N7O5/c1-26-24(34)17-13-27-20(29-23(33)15-6-7-15)12-19(17)28-18-5-3-4-16(22(18)35-2)25-30-21(31-37-25)14-32-8-10-36-11-9-32/h3-5,12-13,15H,6-11,14H2,1-2H3,(H,26,34)(H2,27,28,29,33)/i1D3. The van der Waals surface area contributed by atoms with Gasteiger partial charge in [-0.1, -0.05) is 11.2 Å². The molecular formula is C25H29N7O5. The van der Waals surface area contributed by atoms with Crippen molar-refractivity contribution in [2.75, 3.05) is 51.0 Å². The number of hydrogen-bond acceptors (Lipinski definition) is 10. The Morgan fingerprint density at radius 1 is 1.24 bits per heavy atom. The van der Waals surface area contributed by atoms with Crippen molar-refractivity contribution < 1.29 is 27.7 Å². The summed E-state index contributed by atoms with van der Waals surface area (Å²) in [6, 6.07) is 6.67. The van der Waals surface area contributed by atoms with Gasteiger partial charge in [-0.2, -0.15) is 4.98 Å². The lowest BCUT2D eigenvalue weighted by Gasteiger charge is -2.24. The fourth-order valence-electron chi connectivity index (χ4n) is 4.00. The Bertz CT molecular complexity index is 1390. The number of benzene rings is 1. The molecule has 1 saturated carbocycles. The first-order valence-corrected chi connectivity index (χ1v) is 11.9. The number of para-hydroxylation sites is 1. The number of methoxy groups -OCH3 is 1. The summed E-state index contributed by atoms with van der Waals surface area (Å²) >= 11 is 0. The van der Waals surface area contributed by atoms with Gasteiger partial charge in [0, 0.05) is 42.4 Å². The van der Waals surface area contributed by atoms with E-state index in [1.54, 1.807) is 18.2 Å². The Hall–Kier alpha value is -4.03. The molecule has 1 saturated heterocycles. The van der Waals surface area contributed by atoms with Crippen LogP contribution in [0.25, 0.3) is 11.5 Å². The maximum atomic E-state index is 12.8. The zero-order valence-corrected chi connectivity index (χ0v) is 20.2. The van der Waals surface area contributed by atoms with Crippen molar-refractivity contribution in [1.29, 1.82) is 0 Å². The molecule has 0 bridgehead atoms. The smallest absolute Gasteiger partial charge is 0.261 e. The van der Waals surface area contributed by atoms with Crippen LogP contribution in [-0.2, 0) is 16.1 Å². The molecule has 2 aromatic heterocycles. The predicted molar refractivity (Wildman–Crippen MR) is 135 cm³/mol. The molecule has 1 aliphatic carbocycles. The highest BCUT2D eigenvalue weighted by atomic mass is 16.5. The van der Waals surface area contributed by atoms with Crippen molar-refractivity contribution in [3.05, 3.63) is 41.9 Å². The van der Waals surface area contributed by atoms with Crippen molar-refractivity contribution in [1.82, 2.24) is 25.3 Å². The molecule has 194 valence electrons. The molecule has 12 heteroatoms. The number of anilines is 3. The molecule has 3 aromatic rings. The highest BCUT2D eigenvalue weighted by Gasteiger charge is 2.30. The first kappa shape index (κ1) is 21.1. The third kappa shape index (κ3) is 5.70. The van der Waals surface area contributed by atoms with Gasteiger partial charge >= 0.3 is 0 Å². The quantitative estimate of drug-likeness (QED) is 0.393. The van der Waals surface area contributed by atoms with E-state index < -0.39 is 12.9 Å². The van der Waals surface area contributed by atoms with Crippen molar-refractivity contribution in [2.24, 2.45) is 5.92 Å². The van der Waals surface area contributed by atoms with Crippen LogP contribution >= 0.6 is 0 Å². The van der Waals surface area contributed by atoms with Gasteiger partial charge in [0.1, 0.15) is 5.82 Å². The van der Waals surface area contributed by atoms with E-state index in [2.05, 4.69) is 30.7 Å². The van der Waals surface area contributed by atoms with Gasteiger partial charge in [-0.25, -0.2) is 4.98 Å². The molecule has 12 nitrogen and oxygen atoms in total. The van der Waals surface area contributed by atoms with Gasteiger partial charge in [-0.3, -0.25) is 14.5 Å². The molecular weight excluding hydrogens is 478 g/mol. The number of aromatic nitrogens is 3. The van der Waals surface area contributed by atoms with Gasteiger partial charge < -0.3 is 29.9 Å². The first-order valence-electron chi connectivity index (χ1n) is 13.4. The Balaban J connectivity index is 1.44. The number of carbonyl (C=O) groups is 2. The zero-order valence-electron chi connectivity index (χ0n) is 23.2. The second-order valence-corrected chi connectivity index (χ2v) is 8.75. The van der Waals surface area contributed by atoms with Crippen LogP contribution in [-0.4, -0.2) is 72.2 Å². The number of nitrogens with one attached hydrogen (secondary N) is 3. The third-order valence-corrected chi connectivity index (χ3v) is 6.12. The Morgan fingerprint density at radius 3 is 2.84 bits per heavy atom. The van der Waals surface area contributed by atoms with Gasteiger partial charge in [0.25, 0.3) is 11.8 Å². The fraction of sp³-hybridized carbons (Fsp3) is 0.400. The van der Waals surface area contributed by atoms with E-state index in [4.69, 9.17) is 18.1 Å². The minimum absolute atomic E-state index is 0.0430. The molecule has 5 rings (SSSR count). The van der Waals surface area contributed by atoms with E-state index in [9.17, 15) is 9.59 Å². The van der Waals surface area contributed by atoms with Crippen LogP contribution in [0.4, 0.5) is 17.2 Å². The van der Waals surface area contributed by atoms with Crippen LogP contribution in [0.2, 0.25) is 0 Å². The number of nitrogens with zero attached hydrogens (tertiary/aromatic N) is 4. The molecule has 3 heterocycles. The number of morpholine rings is 1. The summed E-state index contributed by atoms with van der Waals surface area (Å²) in [5.41, 5.74) is 1.11. The van der Waals surface area contributed by atoms with E-state index in [0.717, 1.165) is 25.9 Å². The van der Waals surface area contributed by atoms with E-state index in [1.165, 1.54) is 19.4 Å². The highest BCUT2D eigenvalue weighted by Crippen LogP contribution is 2.38. The third-order valence-electron chi connectivity index (χ3n) is 6.12. The average molecular weight is 511 g/mol. The number of ether oxygens (including phenoxy) is 2. The van der Waals surface area contributed by atoms with Crippen molar-refractivity contribution in [3.63, 3.8) is 0 Å². The maximum absolute atomic E-state index is 12.8. The van der Waals surface area contributed by atoms with Crippen LogP contribution in [0, 0.1) is 5.92 Å². The van der Waals surface area contributed by atoms with Crippen molar-refractivity contribution in [3.8, 4) is 17.2 Å². The number of carbonyl (C=O) groups excluding carboxylic acids is 2. The number of hydrogen-bond donors (Lipinski definition) is 3. The molecule has 0 radical (unpaired) electrons. The molecule has 1 aromatic carbocycles. The molecule has 2 aliphatic rings. The summed E-state index contributed by atoms with van der Waals surface area (Å²) in [5, 5.41) is 11.9. The Kier molecular flexibility index (Phi) is 6.23. The highest BCUT2D eigenvalue weighted by molar-refractivity contribution is 6.01. The number of pyridine rings is 1. The van der Waals surface area contributed by atoms with Crippen LogP contribution in [0.15, 0.2) is 35.0 Å². The van der Waals surface area contributed by atoms with Gasteiger partial charge in [0.15, 0.2) is 11.6 Å². The predicted octanol–water partition coefficient (Wildman–Crippen LogP) is 2.42. The molecule has 0 unspecified atom stereocenters. The second-order valence-electron chi connectivity index (χ2n) is 8.75. The molecule has 3 N–H and O–H groups in total. The van der Waals surface area contributed by atoms with E-state index in [-0.39, 0.29) is 34.8 Å². The van der Waals surface area contributed by atoms with Crippen molar-refractivity contribution in [2.45, 2.75) is 19.4 Å². The van der Waals surface area contributed by atoms with Crippen LogP contribution < -0.4 is 20.7 Å². The van der Waals surface area contributed by atoms with Gasteiger partial charge in [0.05, 0.1) is 49.4 Å². The molecule has 2 fully saturated rings. The Morgan fingerprint density at radius 2 is 2.08 bits per heavy atom. The summed E-state index contributed by atoms with van der Waals surface area (Å²) in [5.74, 6) is 0.242. The lowest BCUT2D eigenvalue weighted by molar-refractivity contribution is -0.117. The molecule has 2 amide bonds. The Labute approximate surface area is 217 Å². The summed E-state index contributed by atoms with van der Waals surface area (Å²) in [6.07, 6.45) is 2.83. The minimum Gasteiger partial charge on any atom is -0.494 e. The van der Waals surface area contributed by atoms with Gasteiger partial charge in [-0.05, 0) is 25.0 Å². The van der Waals surface area contributed by atoms with E-state index in [0.29, 0.717) is 42.6 Å². The van der Waals surface area contributed by atoms with E-state index in [1.807, 2.05) is 5.32 Å². The maximum Gasteiger partial charge on any atom is 0.261 e. The lowest BCUT2D eigenvalue weighted by atomic mass is 10.1. The molecule has 0 spiro atoms. The number of rotatable bonds is 9. The SMILES string of the molecule is [2H]C([2H])([2H])NC(=O)c1cnc(NC(=O)C2CC2)cc1Nc1cccc(-c2nc(CN3CCOCC3)no2)c1OC. The second kappa shape index (κ2) is 10.9. The van der Waals surface area contributed by atoms with E-state index >= 15 is 0 Å². The van der Waals surface area contributed by atoms with Crippen molar-refractivity contribution >= 4 is 29.0 Å². The summed E-state index contributed by atoms with van der Waals surface area (Å²) in [7, 11) is 1.48. The minimum atomic E-state index is -2.71. The summed E-state index contributed by atoms with van der Waals surface area (Å²) < 4.78 is 38.8. The topological polar surface area (TPSA) is 144 Å². The fourth-order valence-corrected chi connectivity index (χ4v) is 4.00. The monoisotopic (exact) mass is 510 g/mol. The lowest BCUT2D eigenvalue weighted by Crippen LogP contribution is -2.35. The summed E-state index contributed by atoms with van der Waals surface area (Å²) in [6.45, 7) is 0.668. The summed E-state index contributed by atoms with van der Waals surface area (Å²) in [4.78, 5) is 36.0. The average Bonchev–Trinajstić information content (AvgIpc) is 3.67. The van der Waals surface area contributed by atoms with Crippen LogP contribution in [0.5, 0.6) is 5.75 Å².